The van der Waals surface area contributed by atoms with E-state index < -0.39 is 10.8 Å². The van der Waals surface area contributed by atoms with E-state index in [1.54, 1.807) is 13.4 Å². The molecule has 0 saturated carbocycles. The Balaban J connectivity index is 3.51. The van der Waals surface area contributed by atoms with E-state index in [-0.39, 0.29) is 0 Å². The largest absolute Gasteiger partial charge is 0.383 e. The Morgan fingerprint density at radius 3 is 2.67 bits per heavy atom. The minimum absolute atomic E-state index is 0.459. The van der Waals surface area contributed by atoms with Crippen LogP contribution in [0.1, 0.15) is 32.6 Å². The van der Waals surface area contributed by atoms with Crippen molar-refractivity contribution in [3.63, 3.8) is 0 Å². The maximum Gasteiger partial charge on any atom is 0.0615 e. The molecule has 3 nitrogen and oxygen atoms in total. The van der Waals surface area contributed by atoms with Crippen LogP contribution in [0.4, 0.5) is 0 Å². The number of ether oxygens (including phenoxy) is 1. The molecule has 0 heterocycles. The van der Waals surface area contributed by atoms with Gasteiger partial charge in [0, 0.05) is 36.0 Å². The molecule has 0 saturated heterocycles. The van der Waals surface area contributed by atoms with E-state index in [2.05, 4.69) is 12.2 Å². The predicted molar refractivity (Wildman–Crippen MR) is 66.7 cm³/mol. The third-order valence-corrected chi connectivity index (χ3v) is 3.18. The van der Waals surface area contributed by atoms with Gasteiger partial charge >= 0.3 is 0 Å². The smallest absolute Gasteiger partial charge is 0.0615 e. The summed E-state index contributed by atoms with van der Waals surface area (Å²) >= 11 is 0. The van der Waals surface area contributed by atoms with Crippen molar-refractivity contribution in [3.8, 4) is 0 Å². The summed E-state index contributed by atoms with van der Waals surface area (Å²) in [5, 5.41) is 3.45. The zero-order valence-electron chi connectivity index (χ0n) is 10.3. The number of unbranched alkanes of at least 4 members (excludes halogenated alkanes) is 1. The van der Waals surface area contributed by atoms with Crippen molar-refractivity contribution in [2.75, 3.05) is 32.3 Å². The number of rotatable bonds is 10. The zero-order valence-corrected chi connectivity index (χ0v) is 11.1. The van der Waals surface area contributed by atoms with Crippen LogP contribution in [0.2, 0.25) is 0 Å². The second kappa shape index (κ2) is 10.6. The lowest BCUT2D eigenvalue weighted by Gasteiger charge is -2.17. The quantitative estimate of drug-likeness (QED) is 0.584. The molecule has 0 aliphatic carbocycles. The molecule has 0 amide bonds. The lowest BCUT2D eigenvalue weighted by molar-refractivity contribution is 0.161. The van der Waals surface area contributed by atoms with Crippen LogP contribution < -0.4 is 5.32 Å². The van der Waals surface area contributed by atoms with E-state index in [0.29, 0.717) is 6.04 Å². The monoisotopic (exact) mass is 235 g/mol. The minimum atomic E-state index is -0.661. The lowest BCUT2D eigenvalue weighted by Crippen LogP contribution is -2.34. The molecule has 1 N–H and O–H groups in total. The first-order chi connectivity index (χ1) is 7.20. The zero-order chi connectivity index (χ0) is 11.5. The summed E-state index contributed by atoms with van der Waals surface area (Å²) in [5.74, 6) is 0.792. The fourth-order valence-electron chi connectivity index (χ4n) is 1.48. The van der Waals surface area contributed by atoms with Gasteiger partial charge < -0.3 is 10.1 Å². The summed E-state index contributed by atoms with van der Waals surface area (Å²) in [6.45, 7) is 3.91. The number of hydrogen-bond donors (Lipinski definition) is 1. The summed E-state index contributed by atoms with van der Waals surface area (Å²) in [4.78, 5) is 0. The number of methoxy groups -OCH3 is 1. The van der Waals surface area contributed by atoms with Crippen molar-refractivity contribution in [3.05, 3.63) is 0 Å². The first-order valence-electron chi connectivity index (χ1n) is 5.73. The first kappa shape index (κ1) is 15.1. The average Bonchev–Trinajstić information content (AvgIpc) is 2.20. The normalized spacial score (nSPS) is 15.1. The minimum Gasteiger partial charge on any atom is -0.383 e. The molecule has 92 valence electrons. The molecule has 15 heavy (non-hydrogen) atoms. The van der Waals surface area contributed by atoms with Crippen LogP contribution in [0, 0.1) is 0 Å². The van der Waals surface area contributed by atoms with Crippen molar-refractivity contribution in [1.82, 2.24) is 5.32 Å². The number of nitrogens with one attached hydrogen (secondary N) is 1. The standard InChI is InChI=1S/C11H25NO2S/c1-4-5-7-11(10-14-2)12-8-6-9-15(3)13/h11-12H,4-10H2,1-3H3. The molecule has 2 atom stereocenters. The molecule has 0 rings (SSSR count). The molecular formula is C11H25NO2S. The van der Waals surface area contributed by atoms with Crippen LogP contribution in [-0.2, 0) is 15.5 Å². The highest BCUT2D eigenvalue weighted by molar-refractivity contribution is 7.84. The highest BCUT2D eigenvalue weighted by Crippen LogP contribution is 2.01. The maximum atomic E-state index is 10.8. The Kier molecular flexibility index (Phi) is 10.6. The van der Waals surface area contributed by atoms with Gasteiger partial charge in [0.25, 0.3) is 0 Å². The van der Waals surface area contributed by atoms with Gasteiger partial charge in [-0.1, -0.05) is 19.8 Å². The fraction of sp³-hybridized carbons (Fsp3) is 1.00. The molecule has 0 aromatic rings. The molecule has 2 unspecified atom stereocenters. The lowest BCUT2D eigenvalue weighted by atomic mass is 10.1. The van der Waals surface area contributed by atoms with Gasteiger partial charge in [-0.3, -0.25) is 4.21 Å². The Bertz CT molecular complexity index is 165. The molecule has 4 heteroatoms. The van der Waals surface area contributed by atoms with Gasteiger partial charge in [0.2, 0.25) is 0 Å². The molecule has 0 aromatic carbocycles. The van der Waals surface area contributed by atoms with Crippen molar-refractivity contribution >= 4 is 10.8 Å². The van der Waals surface area contributed by atoms with E-state index in [4.69, 9.17) is 4.74 Å². The van der Waals surface area contributed by atoms with Crippen molar-refractivity contribution in [2.45, 2.75) is 38.6 Å². The van der Waals surface area contributed by atoms with Gasteiger partial charge in [0.05, 0.1) is 6.61 Å². The molecule has 0 fully saturated rings. The van der Waals surface area contributed by atoms with E-state index in [0.717, 1.165) is 25.3 Å². The van der Waals surface area contributed by atoms with E-state index in [9.17, 15) is 4.21 Å². The van der Waals surface area contributed by atoms with Gasteiger partial charge in [0.1, 0.15) is 0 Å². The molecule has 0 aliphatic heterocycles. The molecule has 0 radical (unpaired) electrons. The van der Waals surface area contributed by atoms with Crippen LogP contribution in [-0.4, -0.2) is 42.5 Å². The SMILES string of the molecule is CCCCC(COC)NCCCS(C)=O. The topological polar surface area (TPSA) is 38.3 Å². The highest BCUT2D eigenvalue weighted by Gasteiger charge is 2.06. The van der Waals surface area contributed by atoms with Gasteiger partial charge in [-0.2, -0.15) is 0 Å². The molecule has 0 aromatic heterocycles. The van der Waals surface area contributed by atoms with Gasteiger partial charge in [-0.25, -0.2) is 0 Å². The maximum absolute atomic E-state index is 10.8. The van der Waals surface area contributed by atoms with Crippen LogP contribution >= 0.6 is 0 Å². The average molecular weight is 235 g/mol. The molecular weight excluding hydrogens is 210 g/mol. The Morgan fingerprint density at radius 1 is 1.40 bits per heavy atom. The summed E-state index contributed by atoms with van der Waals surface area (Å²) in [5.41, 5.74) is 0. The van der Waals surface area contributed by atoms with Crippen LogP contribution in [0.5, 0.6) is 0 Å². The Morgan fingerprint density at radius 2 is 2.13 bits per heavy atom. The van der Waals surface area contributed by atoms with E-state index in [1.807, 2.05) is 0 Å². The summed E-state index contributed by atoms with van der Waals surface area (Å²) < 4.78 is 16.0. The van der Waals surface area contributed by atoms with Crippen molar-refractivity contribution in [2.24, 2.45) is 0 Å². The van der Waals surface area contributed by atoms with Crippen molar-refractivity contribution in [1.29, 1.82) is 0 Å². The second-order valence-corrected chi connectivity index (χ2v) is 5.43. The highest BCUT2D eigenvalue weighted by atomic mass is 32.2. The van der Waals surface area contributed by atoms with Crippen LogP contribution in [0.25, 0.3) is 0 Å². The molecule has 0 aliphatic rings. The number of hydrogen-bond acceptors (Lipinski definition) is 3. The fourth-order valence-corrected chi connectivity index (χ4v) is 2.03. The molecule has 0 spiro atoms. The van der Waals surface area contributed by atoms with Gasteiger partial charge in [0.15, 0.2) is 0 Å². The summed E-state index contributed by atoms with van der Waals surface area (Å²) in [7, 11) is 1.08. The van der Waals surface area contributed by atoms with Gasteiger partial charge in [-0.15, -0.1) is 0 Å². The van der Waals surface area contributed by atoms with Crippen LogP contribution in [0.3, 0.4) is 0 Å². The Labute approximate surface area is 96.4 Å². The molecule has 0 bridgehead atoms. The van der Waals surface area contributed by atoms with E-state index >= 15 is 0 Å². The van der Waals surface area contributed by atoms with Crippen molar-refractivity contribution < 1.29 is 8.95 Å². The van der Waals surface area contributed by atoms with Gasteiger partial charge in [-0.05, 0) is 19.4 Å². The second-order valence-electron chi connectivity index (χ2n) is 3.88. The third kappa shape index (κ3) is 10.4. The van der Waals surface area contributed by atoms with E-state index in [1.165, 1.54) is 19.3 Å². The summed E-state index contributed by atoms with van der Waals surface area (Å²) in [6.07, 6.45) is 6.36. The first-order valence-corrected chi connectivity index (χ1v) is 7.45. The summed E-state index contributed by atoms with van der Waals surface area (Å²) in [6, 6.07) is 0.459. The third-order valence-electron chi connectivity index (χ3n) is 2.32. The predicted octanol–water partition coefficient (Wildman–Crippen LogP) is 1.55. The van der Waals surface area contributed by atoms with Crippen LogP contribution in [0.15, 0.2) is 0 Å². The Hall–Kier alpha value is 0.0700.